The first kappa shape index (κ1) is 20.5. The van der Waals surface area contributed by atoms with Crippen molar-refractivity contribution in [1.29, 1.82) is 0 Å². The third kappa shape index (κ3) is 5.86. The second-order valence-corrected chi connectivity index (χ2v) is 6.17. The van der Waals surface area contributed by atoms with Crippen LogP contribution in [0.15, 0.2) is 39.8 Å². The fourth-order valence-corrected chi connectivity index (χ4v) is 2.99. The number of halogens is 1. The lowest BCUT2D eigenvalue weighted by Gasteiger charge is -2.34. The van der Waals surface area contributed by atoms with Crippen LogP contribution in [0.1, 0.15) is 31.5 Å². The molecule has 0 spiro atoms. The summed E-state index contributed by atoms with van der Waals surface area (Å²) in [6, 6.07) is 11.0. The maximum atomic E-state index is 4.98. The molecule has 1 aliphatic heterocycles. The zero-order valence-electron chi connectivity index (χ0n) is 15.3. The van der Waals surface area contributed by atoms with Gasteiger partial charge in [-0.2, -0.15) is 4.98 Å². The second kappa shape index (κ2) is 10.3. The molecule has 2 N–H and O–H groups in total. The summed E-state index contributed by atoms with van der Waals surface area (Å²) in [5, 5.41) is 10.7. The molecular formula is C18H27IN6O. The van der Waals surface area contributed by atoms with Gasteiger partial charge in [0.05, 0.1) is 0 Å². The average molecular weight is 470 g/mol. The smallest absolute Gasteiger partial charge is 0.223 e. The molecule has 7 nitrogen and oxygen atoms in total. The zero-order valence-corrected chi connectivity index (χ0v) is 17.6. The van der Waals surface area contributed by atoms with E-state index in [1.165, 1.54) is 5.69 Å². The normalized spacial score (nSPS) is 15.5. The lowest BCUT2D eigenvalue weighted by atomic mass is 10.0. The standard InChI is InChI=1S/C18H26N6O.HI/c1-3-19-18(20-13-17-21-14(2)25-23-17)22-15-9-11-24(12-10-15)16-7-5-4-6-8-16;/h4-8,15H,3,9-13H2,1-2H3,(H2,19,20,22);1H. The Morgan fingerprint density at radius 1 is 1.27 bits per heavy atom. The summed E-state index contributed by atoms with van der Waals surface area (Å²) in [6.07, 6.45) is 2.17. The van der Waals surface area contributed by atoms with Gasteiger partial charge in [0.25, 0.3) is 0 Å². The van der Waals surface area contributed by atoms with Crippen LogP contribution in [0.5, 0.6) is 0 Å². The zero-order chi connectivity index (χ0) is 17.5. The Bertz CT molecular complexity index is 682. The molecule has 0 aliphatic carbocycles. The minimum absolute atomic E-state index is 0. The summed E-state index contributed by atoms with van der Waals surface area (Å²) < 4.78 is 4.98. The Morgan fingerprint density at radius 3 is 2.62 bits per heavy atom. The monoisotopic (exact) mass is 470 g/mol. The van der Waals surface area contributed by atoms with Gasteiger partial charge in [-0.3, -0.25) is 0 Å². The molecule has 8 heteroatoms. The molecule has 0 amide bonds. The lowest BCUT2D eigenvalue weighted by molar-refractivity contribution is 0.387. The number of hydrogen-bond donors (Lipinski definition) is 2. The van der Waals surface area contributed by atoms with E-state index in [0.29, 0.717) is 24.3 Å². The summed E-state index contributed by atoms with van der Waals surface area (Å²) >= 11 is 0. The van der Waals surface area contributed by atoms with Gasteiger partial charge in [-0.25, -0.2) is 4.99 Å². The number of hydrogen-bond acceptors (Lipinski definition) is 5. The summed E-state index contributed by atoms with van der Waals surface area (Å²) in [7, 11) is 0. The fraction of sp³-hybridized carbons (Fsp3) is 0.500. The Morgan fingerprint density at radius 2 is 2.00 bits per heavy atom. The van der Waals surface area contributed by atoms with E-state index in [0.717, 1.165) is 38.4 Å². The molecule has 142 valence electrons. The summed E-state index contributed by atoms with van der Waals surface area (Å²) in [6.45, 7) is 7.17. The van der Waals surface area contributed by atoms with Crippen LogP contribution in [0.3, 0.4) is 0 Å². The molecule has 3 rings (SSSR count). The van der Waals surface area contributed by atoms with Crippen LogP contribution in [0.4, 0.5) is 5.69 Å². The number of aryl methyl sites for hydroxylation is 1. The van der Waals surface area contributed by atoms with E-state index in [9.17, 15) is 0 Å². The van der Waals surface area contributed by atoms with Crippen LogP contribution in [-0.2, 0) is 6.54 Å². The van der Waals surface area contributed by atoms with Crippen molar-refractivity contribution in [2.24, 2.45) is 4.99 Å². The van der Waals surface area contributed by atoms with Gasteiger partial charge in [0, 0.05) is 38.3 Å². The third-order valence-corrected chi connectivity index (χ3v) is 4.25. The highest BCUT2D eigenvalue weighted by molar-refractivity contribution is 14.0. The van der Waals surface area contributed by atoms with Crippen LogP contribution < -0.4 is 15.5 Å². The largest absolute Gasteiger partial charge is 0.371 e. The predicted octanol–water partition coefficient (Wildman–Crippen LogP) is 2.72. The SMILES string of the molecule is CCNC(=NCc1noc(C)n1)NC1CCN(c2ccccc2)CC1.I. The van der Waals surface area contributed by atoms with Gasteiger partial charge in [0.2, 0.25) is 5.89 Å². The molecule has 0 atom stereocenters. The van der Waals surface area contributed by atoms with Crippen molar-refractivity contribution in [1.82, 2.24) is 20.8 Å². The van der Waals surface area contributed by atoms with Gasteiger partial charge >= 0.3 is 0 Å². The fourth-order valence-electron chi connectivity index (χ4n) is 2.99. The highest BCUT2D eigenvalue weighted by Crippen LogP contribution is 2.19. The van der Waals surface area contributed by atoms with Gasteiger partial charge in [-0.15, -0.1) is 24.0 Å². The number of nitrogens with one attached hydrogen (secondary N) is 2. The maximum absolute atomic E-state index is 4.98. The maximum Gasteiger partial charge on any atom is 0.223 e. The van der Waals surface area contributed by atoms with Gasteiger partial charge in [-0.05, 0) is 31.9 Å². The summed E-state index contributed by atoms with van der Waals surface area (Å²) in [5.41, 5.74) is 1.30. The molecule has 1 fully saturated rings. The summed E-state index contributed by atoms with van der Waals surface area (Å²) in [4.78, 5) is 11.2. The number of aromatic nitrogens is 2. The van der Waals surface area contributed by atoms with E-state index in [1.54, 1.807) is 6.92 Å². The first-order chi connectivity index (χ1) is 12.2. The quantitative estimate of drug-likeness (QED) is 0.398. The van der Waals surface area contributed by atoms with E-state index in [4.69, 9.17) is 4.52 Å². The Balaban J connectivity index is 0.00000243. The molecule has 1 aliphatic rings. The molecule has 2 heterocycles. The van der Waals surface area contributed by atoms with Crippen molar-refractivity contribution >= 4 is 35.6 Å². The molecule has 26 heavy (non-hydrogen) atoms. The Labute approximate surface area is 171 Å². The number of guanidine groups is 1. The van der Waals surface area contributed by atoms with Gasteiger partial charge < -0.3 is 20.1 Å². The minimum Gasteiger partial charge on any atom is -0.371 e. The number of benzene rings is 1. The summed E-state index contributed by atoms with van der Waals surface area (Å²) in [5.74, 6) is 1.98. The van der Waals surface area contributed by atoms with E-state index in [-0.39, 0.29) is 24.0 Å². The minimum atomic E-state index is 0. The van der Waals surface area contributed by atoms with Crippen molar-refractivity contribution < 1.29 is 4.52 Å². The highest BCUT2D eigenvalue weighted by atomic mass is 127. The molecule has 1 saturated heterocycles. The molecule has 1 aromatic heterocycles. The van der Waals surface area contributed by atoms with Crippen LogP contribution in [0, 0.1) is 6.92 Å². The highest BCUT2D eigenvalue weighted by Gasteiger charge is 2.20. The van der Waals surface area contributed by atoms with E-state index in [1.807, 2.05) is 0 Å². The molecule has 1 aromatic carbocycles. The lowest BCUT2D eigenvalue weighted by Crippen LogP contribution is -2.48. The van der Waals surface area contributed by atoms with Crippen LogP contribution in [-0.4, -0.2) is 41.8 Å². The predicted molar refractivity (Wildman–Crippen MR) is 114 cm³/mol. The number of anilines is 1. The van der Waals surface area contributed by atoms with Crippen molar-refractivity contribution in [3.63, 3.8) is 0 Å². The molecule has 0 unspecified atom stereocenters. The molecule has 0 saturated carbocycles. The van der Waals surface area contributed by atoms with Crippen molar-refractivity contribution in [3.05, 3.63) is 42.0 Å². The van der Waals surface area contributed by atoms with Gasteiger partial charge in [-0.1, -0.05) is 23.4 Å². The molecule has 2 aromatic rings. The second-order valence-electron chi connectivity index (χ2n) is 6.17. The van der Waals surface area contributed by atoms with Gasteiger partial charge in [0.15, 0.2) is 11.8 Å². The topological polar surface area (TPSA) is 78.6 Å². The average Bonchev–Trinajstić information content (AvgIpc) is 3.07. The van der Waals surface area contributed by atoms with Gasteiger partial charge in [0.1, 0.15) is 6.54 Å². The number of para-hydroxylation sites is 1. The number of rotatable bonds is 5. The Kier molecular flexibility index (Phi) is 8.14. The van der Waals surface area contributed by atoms with E-state index < -0.39 is 0 Å². The van der Waals surface area contributed by atoms with E-state index in [2.05, 4.69) is 67.9 Å². The first-order valence-electron chi connectivity index (χ1n) is 8.88. The first-order valence-corrected chi connectivity index (χ1v) is 8.88. The molecule has 0 radical (unpaired) electrons. The van der Waals surface area contributed by atoms with Crippen molar-refractivity contribution in [2.75, 3.05) is 24.5 Å². The number of nitrogens with zero attached hydrogens (tertiary/aromatic N) is 4. The van der Waals surface area contributed by atoms with Crippen LogP contribution >= 0.6 is 24.0 Å². The van der Waals surface area contributed by atoms with Crippen molar-refractivity contribution in [2.45, 2.75) is 39.3 Å². The Hall–Kier alpha value is -1.84. The number of aliphatic imine (C=N–C) groups is 1. The third-order valence-electron chi connectivity index (χ3n) is 4.25. The molecular weight excluding hydrogens is 443 g/mol. The molecule has 0 bridgehead atoms. The number of piperidine rings is 1. The van der Waals surface area contributed by atoms with Crippen LogP contribution in [0.25, 0.3) is 0 Å². The van der Waals surface area contributed by atoms with E-state index >= 15 is 0 Å². The van der Waals surface area contributed by atoms with Crippen molar-refractivity contribution in [3.8, 4) is 0 Å². The van der Waals surface area contributed by atoms with Crippen LogP contribution in [0.2, 0.25) is 0 Å².